The maximum atomic E-state index is 11.7. The summed E-state index contributed by atoms with van der Waals surface area (Å²) < 4.78 is 16.0. The molecule has 6 heteroatoms. The SMILES string of the molecule is CCCCCCOCCOC(C)OC(=O)CCCCCCCC(=O)O. The van der Waals surface area contributed by atoms with Crippen molar-refractivity contribution in [3.63, 3.8) is 0 Å². The molecule has 0 aliphatic carbocycles. The molecule has 0 amide bonds. The lowest BCUT2D eigenvalue weighted by Gasteiger charge is -2.14. The van der Waals surface area contributed by atoms with Gasteiger partial charge < -0.3 is 19.3 Å². The molecule has 0 aliphatic rings. The van der Waals surface area contributed by atoms with Crippen LogP contribution in [-0.4, -0.2) is 43.2 Å². The van der Waals surface area contributed by atoms with Gasteiger partial charge in [0.25, 0.3) is 0 Å². The molecule has 0 radical (unpaired) electrons. The molecule has 0 fully saturated rings. The number of rotatable bonds is 18. The summed E-state index contributed by atoms with van der Waals surface area (Å²) in [5, 5.41) is 8.53. The fraction of sp³-hybridized carbons (Fsp3) is 0.895. The van der Waals surface area contributed by atoms with E-state index >= 15 is 0 Å². The van der Waals surface area contributed by atoms with E-state index in [-0.39, 0.29) is 12.4 Å². The highest BCUT2D eigenvalue weighted by Gasteiger charge is 2.09. The van der Waals surface area contributed by atoms with Crippen molar-refractivity contribution < 1.29 is 28.9 Å². The van der Waals surface area contributed by atoms with Gasteiger partial charge in [-0.2, -0.15) is 0 Å². The minimum atomic E-state index is -0.751. The van der Waals surface area contributed by atoms with Crippen LogP contribution in [0.3, 0.4) is 0 Å². The highest BCUT2D eigenvalue weighted by molar-refractivity contribution is 5.69. The summed E-state index contributed by atoms with van der Waals surface area (Å²) in [6.07, 6.45) is 9.00. The monoisotopic (exact) mass is 360 g/mol. The number of ether oxygens (including phenoxy) is 3. The molecule has 1 unspecified atom stereocenters. The van der Waals surface area contributed by atoms with E-state index < -0.39 is 12.3 Å². The van der Waals surface area contributed by atoms with Gasteiger partial charge in [-0.25, -0.2) is 0 Å². The normalized spacial score (nSPS) is 12.1. The summed E-state index contributed by atoms with van der Waals surface area (Å²) in [4.78, 5) is 22.0. The zero-order valence-electron chi connectivity index (χ0n) is 16.0. The second-order valence-electron chi connectivity index (χ2n) is 6.26. The van der Waals surface area contributed by atoms with Crippen LogP contribution < -0.4 is 0 Å². The first-order valence-corrected chi connectivity index (χ1v) is 9.66. The number of carbonyl (C=O) groups excluding carboxylic acids is 1. The molecule has 0 bridgehead atoms. The van der Waals surface area contributed by atoms with Crippen LogP contribution in [0.4, 0.5) is 0 Å². The van der Waals surface area contributed by atoms with Gasteiger partial charge in [0.2, 0.25) is 0 Å². The third-order valence-electron chi connectivity index (χ3n) is 3.79. The van der Waals surface area contributed by atoms with Crippen molar-refractivity contribution in [1.82, 2.24) is 0 Å². The zero-order valence-corrected chi connectivity index (χ0v) is 16.0. The van der Waals surface area contributed by atoms with Crippen LogP contribution in [0.2, 0.25) is 0 Å². The Hall–Kier alpha value is -1.14. The number of hydrogen-bond acceptors (Lipinski definition) is 5. The van der Waals surface area contributed by atoms with E-state index in [0.717, 1.165) is 38.7 Å². The number of hydrogen-bond donors (Lipinski definition) is 1. The maximum Gasteiger partial charge on any atom is 0.308 e. The van der Waals surface area contributed by atoms with E-state index in [4.69, 9.17) is 19.3 Å². The molecule has 0 rings (SSSR count). The molecule has 1 atom stereocenters. The van der Waals surface area contributed by atoms with Gasteiger partial charge in [-0.3, -0.25) is 9.59 Å². The van der Waals surface area contributed by atoms with E-state index in [1.54, 1.807) is 6.92 Å². The Labute approximate surface area is 152 Å². The molecule has 0 aromatic rings. The van der Waals surface area contributed by atoms with Crippen LogP contribution in [0.15, 0.2) is 0 Å². The largest absolute Gasteiger partial charge is 0.481 e. The molecule has 0 aliphatic heterocycles. The van der Waals surface area contributed by atoms with E-state index in [9.17, 15) is 9.59 Å². The van der Waals surface area contributed by atoms with Crippen molar-refractivity contribution in [2.75, 3.05) is 19.8 Å². The van der Waals surface area contributed by atoms with Gasteiger partial charge in [0.15, 0.2) is 6.29 Å². The Morgan fingerprint density at radius 1 is 0.840 bits per heavy atom. The van der Waals surface area contributed by atoms with Crippen LogP contribution in [0, 0.1) is 0 Å². The molecule has 0 heterocycles. The molecule has 148 valence electrons. The number of unbranched alkanes of at least 4 members (excludes halogenated alkanes) is 7. The predicted molar refractivity (Wildman–Crippen MR) is 96.4 cm³/mol. The van der Waals surface area contributed by atoms with Crippen molar-refractivity contribution in [3.8, 4) is 0 Å². The quantitative estimate of drug-likeness (QED) is 0.223. The van der Waals surface area contributed by atoms with Crippen LogP contribution >= 0.6 is 0 Å². The first-order valence-electron chi connectivity index (χ1n) is 9.66. The lowest BCUT2D eigenvalue weighted by Crippen LogP contribution is -2.20. The Kier molecular flexibility index (Phi) is 16.9. The first-order chi connectivity index (χ1) is 12.1. The van der Waals surface area contributed by atoms with E-state index in [1.807, 2.05) is 0 Å². The van der Waals surface area contributed by atoms with Crippen molar-refractivity contribution in [3.05, 3.63) is 0 Å². The lowest BCUT2D eigenvalue weighted by atomic mass is 10.1. The van der Waals surface area contributed by atoms with Gasteiger partial charge in [0.1, 0.15) is 0 Å². The predicted octanol–water partition coefficient (Wildman–Crippen LogP) is 4.30. The summed E-state index contributed by atoms with van der Waals surface area (Å²) in [7, 11) is 0. The molecule has 0 saturated carbocycles. The summed E-state index contributed by atoms with van der Waals surface area (Å²) in [5.41, 5.74) is 0. The minimum Gasteiger partial charge on any atom is -0.481 e. The van der Waals surface area contributed by atoms with E-state index in [1.165, 1.54) is 19.3 Å². The summed E-state index contributed by atoms with van der Waals surface area (Å²) in [6, 6.07) is 0. The minimum absolute atomic E-state index is 0.222. The fourth-order valence-electron chi connectivity index (χ4n) is 2.36. The summed E-state index contributed by atoms with van der Waals surface area (Å²) in [5.74, 6) is -1.00. The maximum absolute atomic E-state index is 11.7. The van der Waals surface area contributed by atoms with Crippen LogP contribution in [-0.2, 0) is 23.8 Å². The van der Waals surface area contributed by atoms with Crippen LogP contribution in [0.1, 0.15) is 84.5 Å². The van der Waals surface area contributed by atoms with Gasteiger partial charge in [0.05, 0.1) is 13.2 Å². The van der Waals surface area contributed by atoms with Gasteiger partial charge in [0, 0.05) is 19.4 Å². The Bertz CT molecular complexity index is 332. The van der Waals surface area contributed by atoms with Crippen molar-refractivity contribution in [2.24, 2.45) is 0 Å². The third kappa shape index (κ3) is 19.0. The van der Waals surface area contributed by atoms with Gasteiger partial charge in [-0.15, -0.1) is 0 Å². The summed E-state index contributed by atoms with van der Waals surface area (Å²) >= 11 is 0. The number of esters is 1. The average molecular weight is 360 g/mol. The molecule has 0 spiro atoms. The fourth-order valence-corrected chi connectivity index (χ4v) is 2.36. The van der Waals surface area contributed by atoms with Gasteiger partial charge in [-0.1, -0.05) is 45.4 Å². The smallest absolute Gasteiger partial charge is 0.308 e. The average Bonchev–Trinajstić information content (AvgIpc) is 2.56. The third-order valence-corrected chi connectivity index (χ3v) is 3.79. The Morgan fingerprint density at radius 3 is 2.16 bits per heavy atom. The molecule has 6 nitrogen and oxygen atoms in total. The van der Waals surface area contributed by atoms with Crippen LogP contribution in [0.25, 0.3) is 0 Å². The van der Waals surface area contributed by atoms with E-state index in [2.05, 4.69) is 6.92 Å². The van der Waals surface area contributed by atoms with E-state index in [0.29, 0.717) is 26.1 Å². The van der Waals surface area contributed by atoms with Crippen LogP contribution in [0.5, 0.6) is 0 Å². The number of carboxylic acid groups (broad SMARTS) is 1. The number of carboxylic acids is 1. The first kappa shape index (κ1) is 23.9. The highest BCUT2D eigenvalue weighted by atomic mass is 16.7. The molecule has 0 saturated heterocycles. The second kappa shape index (κ2) is 17.7. The summed E-state index contributed by atoms with van der Waals surface area (Å²) in [6.45, 7) is 5.59. The topological polar surface area (TPSA) is 82.1 Å². The second-order valence-corrected chi connectivity index (χ2v) is 6.26. The van der Waals surface area contributed by atoms with Gasteiger partial charge >= 0.3 is 11.9 Å². The molecule has 1 N–H and O–H groups in total. The molecular weight excluding hydrogens is 324 g/mol. The Morgan fingerprint density at radius 2 is 1.48 bits per heavy atom. The molecular formula is C19H36O6. The highest BCUT2D eigenvalue weighted by Crippen LogP contribution is 2.08. The number of aliphatic carboxylic acids is 1. The van der Waals surface area contributed by atoms with Crippen molar-refractivity contribution in [2.45, 2.75) is 90.8 Å². The zero-order chi connectivity index (χ0) is 18.8. The van der Waals surface area contributed by atoms with Crippen molar-refractivity contribution >= 4 is 11.9 Å². The van der Waals surface area contributed by atoms with Gasteiger partial charge in [-0.05, 0) is 26.2 Å². The van der Waals surface area contributed by atoms with Crippen molar-refractivity contribution in [1.29, 1.82) is 0 Å². The standard InChI is InChI=1S/C19H36O6/c1-3-4-5-11-14-23-15-16-24-17(2)25-19(22)13-10-8-6-7-9-12-18(20)21/h17H,3-16H2,1-2H3,(H,20,21). The Balaban J connectivity index is 3.37. The lowest BCUT2D eigenvalue weighted by molar-refractivity contribution is -0.177. The number of carbonyl (C=O) groups is 2. The molecule has 0 aromatic carbocycles. The molecule has 25 heavy (non-hydrogen) atoms. The molecule has 0 aromatic heterocycles.